The molecule has 35 heavy (non-hydrogen) atoms. The predicted octanol–water partition coefficient (Wildman–Crippen LogP) is 4.50. The van der Waals surface area contributed by atoms with Gasteiger partial charge in [0.1, 0.15) is 18.5 Å². The molecule has 1 aliphatic rings. The second kappa shape index (κ2) is 11.3. The molecule has 0 bridgehead atoms. The number of carbonyl (C=O) groups is 2. The van der Waals surface area contributed by atoms with E-state index in [0.29, 0.717) is 11.4 Å². The summed E-state index contributed by atoms with van der Waals surface area (Å²) in [5.74, 6) is 0.298. The van der Waals surface area contributed by atoms with Crippen molar-refractivity contribution >= 4 is 29.4 Å². The quantitative estimate of drug-likeness (QED) is 0.523. The molecule has 1 N–H and O–H groups in total. The van der Waals surface area contributed by atoms with Crippen molar-refractivity contribution in [1.29, 1.82) is 0 Å². The van der Waals surface area contributed by atoms with E-state index in [1.807, 2.05) is 78.9 Å². The summed E-state index contributed by atoms with van der Waals surface area (Å²) in [6, 6.07) is 24.4. The van der Waals surface area contributed by atoms with E-state index < -0.39 is 23.4 Å². The molecule has 0 aliphatic carbocycles. The summed E-state index contributed by atoms with van der Waals surface area (Å²) < 4.78 is 10.6. The second-order valence-electron chi connectivity index (χ2n) is 8.18. The number of aliphatic hydroxyl groups is 1. The first kappa shape index (κ1) is 24.6. The number of amides is 2. The third-order valence-corrected chi connectivity index (χ3v) is 7.22. The van der Waals surface area contributed by atoms with E-state index in [1.165, 1.54) is 16.7 Å². The van der Waals surface area contributed by atoms with E-state index in [-0.39, 0.29) is 19.7 Å². The zero-order valence-electron chi connectivity index (χ0n) is 19.7. The van der Waals surface area contributed by atoms with Crippen molar-refractivity contribution < 1.29 is 24.2 Å². The Labute approximate surface area is 209 Å². The molecule has 8 heteroatoms. The van der Waals surface area contributed by atoms with Crippen LogP contribution in [0.5, 0.6) is 5.75 Å². The maximum atomic E-state index is 13.4. The van der Waals surface area contributed by atoms with E-state index >= 15 is 0 Å². The standard InChI is InChI=1S/C27H28N2O5S/c1-28(27(32)34-18-19-8-4-3-5-9-19)16-17-29-22-10-6-7-11-23(22)35-25(24(30)26(29)31)20-12-14-21(33-2)15-13-20/h3-15,24-25,30H,16-18H2,1-2H3. The average Bonchev–Trinajstić information content (AvgIpc) is 3.00. The third kappa shape index (κ3) is 5.78. The number of fused-ring (bicyclic) bond motifs is 1. The van der Waals surface area contributed by atoms with Crippen LogP contribution in [0, 0.1) is 0 Å². The van der Waals surface area contributed by atoms with Crippen LogP contribution in [-0.2, 0) is 16.1 Å². The largest absolute Gasteiger partial charge is 0.497 e. The Morgan fingerprint density at radius 1 is 1.03 bits per heavy atom. The summed E-state index contributed by atoms with van der Waals surface area (Å²) in [6.45, 7) is 0.645. The molecular weight excluding hydrogens is 464 g/mol. The van der Waals surface area contributed by atoms with E-state index in [9.17, 15) is 14.7 Å². The van der Waals surface area contributed by atoms with Crippen LogP contribution in [0.25, 0.3) is 0 Å². The first-order valence-corrected chi connectivity index (χ1v) is 12.2. The highest BCUT2D eigenvalue weighted by Crippen LogP contribution is 2.45. The lowest BCUT2D eigenvalue weighted by molar-refractivity contribution is -0.126. The van der Waals surface area contributed by atoms with E-state index in [0.717, 1.165) is 16.0 Å². The summed E-state index contributed by atoms with van der Waals surface area (Å²) in [5, 5.41) is 10.6. The fourth-order valence-corrected chi connectivity index (χ4v) is 5.10. The molecule has 1 heterocycles. The summed E-state index contributed by atoms with van der Waals surface area (Å²) >= 11 is 1.45. The van der Waals surface area contributed by atoms with Gasteiger partial charge in [-0.3, -0.25) is 4.79 Å². The van der Waals surface area contributed by atoms with Crippen LogP contribution in [0.3, 0.4) is 0 Å². The zero-order chi connectivity index (χ0) is 24.8. The Balaban J connectivity index is 1.47. The number of methoxy groups -OCH3 is 1. The molecule has 7 nitrogen and oxygen atoms in total. The minimum absolute atomic E-state index is 0.175. The van der Waals surface area contributed by atoms with Gasteiger partial charge in [0.15, 0.2) is 0 Å². The number of rotatable bonds is 7. The van der Waals surface area contributed by atoms with Crippen molar-refractivity contribution in [3.63, 3.8) is 0 Å². The number of hydrogen-bond donors (Lipinski definition) is 1. The minimum Gasteiger partial charge on any atom is -0.497 e. The Morgan fingerprint density at radius 2 is 1.71 bits per heavy atom. The van der Waals surface area contributed by atoms with Gasteiger partial charge in [0.05, 0.1) is 18.0 Å². The van der Waals surface area contributed by atoms with Gasteiger partial charge in [0, 0.05) is 25.0 Å². The molecular formula is C27H28N2O5S. The molecule has 0 spiro atoms. The monoisotopic (exact) mass is 492 g/mol. The number of ether oxygens (including phenoxy) is 2. The van der Waals surface area contributed by atoms with Crippen molar-refractivity contribution in [2.45, 2.75) is 22.9 Å². The SMILES string of the molecule is COc1ccc(C2Sc3ccccc3N(CCN(C)C(=O)OCc3ccccc3)C(=O)C2O)cc1. The smallest absolute Gasteiger partial charge is 0.409 e. The highest BCUT2D eigenvalue weighted by Gasteiger charge is 2.37. The fourth-order valence-electron chi connectivity index (χ4n) is 3.83. The normalized spacial score (nSPS) is 17.3. The number of likely N-dealkylation sites (N-methyl/N-ethyl adjacent to an activating group) is 1. The van der Waals surface area contributed by atoms with Gasteiger partial charge < -0.3 is 24.4 Å². The molecule has 0 fully saturated rings. The molecule has 182 valence electrons. The van der Waals surface area contributed by atoms with Gasteiger partial charge in [-0.2, -0.15) is 0 Å². The van der Waals surface area contributed by atoms with E-state index in [2.05, 4.69) is 0 Å². The molecule has 4 rings (SSSR count). The van der Waals surface area contributed by atoms with Gasteiger partial charge in [-0.05, 0) is 35.4 Å². The first-order valence-electron chi connectivity index (χ1n) is 11.3. The van der Waals surface area contributed by atoms with Gasteiger partial charge in [-0.1, -0.05) is 54.6 Å². The molecule has 2 unspecified atom stereocenters. The maximum Gasteiger partial charge on any atom is 0.409 e. The highest BCUT2D eigenvalue weighted by molar-refractivity contribution is 7.99. The molecule has 1 aliphatic heterocycles. The van der Waals surface area contributed by atoms with Gasteiger partial charge in [0.2, 0.25) is 0 Å². The minimum atomic E-state index is -1.25. The number of anilines is 1. The molecule has 0 saturated heterocycles. The Morgan fingerprint density at radius 3 is 2.43 bits per heavy atom. The Hall–Kier alpha value is -3.49. The summed E-state index contributed by atoms with van der Waals surface area (Å²) in [7, 11) is 3.23. The van der Waals surface area contributed by atoms with Crippen LogP contribution in [0.1, 0.15) is 16.4 Å². The number of para-hydroxylation sites is 1. The van der Waals surface area contributed by atoms with Crippen LogP contribution in [0.2, 0.25) is 0 Å². The number of hydrogen-bond acceptors (Lipinski definition) is 6. The molecule has 0 radical (unpaired) electrons. The Kier molecular flexibility index (Phi) is 7.94. The molecule has 3 aromatic carbocycles. The van der Waals surface area contributed by atoms with E-state index in [4.69, 9.17) is 9.47 Å². The molecule has 2 atom stereocenters. The van der Waals surface area contributed by atoms with Crippen molar-refractivity contribution in [3.05, 3.63) is 90.0 Å². The lowest BCUT2D eigenvalue weighted by Crippen LogP contribution is -2.44. The average molecular weight is 493 g/mol. The van der Waals surface area contributed by atoms with Crippen molar-refractivity contribution in [1.82, 2.24) is 4.90 Å². The predicted molar refractivity (Wildman–Crippen MR) is 136 cm³/mol. The number of aliphatic hydroxyl groups excluding tert-OH is 1. The van der Waals surface area contributed by atoms with Gasteiger partial charge in [0.25, 0.3) is 5.91 Å². The number of thioether (sulfide) groups is 1. The number of carbonyl (C=O) groups excluding carboxylic acids is 2. The van der Waals surface area contributed by atoms with E-state index in [1.54, 1.807) is 19.1 Å². The zero-order valence-corrected chi connectivity index (χ0v) is 20.5. The highest BCUT2D eigenvalue weighted by atomic mass is 32.2. The van der Waals surface area contributed by atoms with Crippen molar-refractivity contribution in [3.8, 4) is 5.75 Å². The van der Waals surface area contributed by atoms with Gasteiger partial charge >= 0.3 is 6.09 Å². The summed E-state index contributed by atoms with van der Waals surface area (Å²) in [6.07, 6.45) is -1.73. The second-order valence-corrected chi connectivity index (χ2v) is 9.36. The number of nitrogens with zero attached hydrogens (tertiary/aromatic N) is 2. The van der Waals surface area contributed by atoms with Gasteiger partial charge in [-0.25, -0.2) is 4.79 Å². The van der Waals surface area contributed by atoms with Crippen LogP contribution in [0.4, 0.5) is 10.5 Å². The van der Waals surface area contributed by atoms with Gasteiger partial charge in [-0.15, -0.1) is 11.8 Å². The summed E-state index contributed by atoms with van der Waals surface area (Å²) in [4.78, 5) is 29.8. The lowest BCUT2D eigenvalue weighted by Gasteiger charge is -2.27. The summed E-state index contributed by atoms with van der Waals surface area (Å²) in [5.41, 5.74) is 2.44. The molecule has 0 saturated carbocycles. The third-order valence-electron chi connectivity index (χ3n) is 5.84. The van der Waals surface area contributed by atoms with Crippen LogP contribution >= 0.6 is 11.8 Å². The first-order chi connectivity index (χ1) is 17.0. The molecule has 3 aromatic rings. The molecule has 0 aromatic heterocycles. The van der Waals surface area contributed by atoms with Crippen molar-refractivity contribution in [2.24, 2.45) is 0 Å². The maximum absolute atomic E-state index is 13.4. The number of benzene rings is 3. The van der Waals surface area contributed by atoms with Crippen LogP contribution < -0.4 is 9.64 Å². The lowest BCUT2D eigenvalue weighted by atomic mass is 10.1. The van der Waals surface area contributed by atoms with Crippen LogP contribution in [-0.4, -0.2) is 55.4 Å². The fraction of sp³-hybridized carbons (Fsp3) is 0.259. The molecule has 2 amide bonds. The van der Waals surface area contributed by atoms with Crippen LogP contribution in [0.15, 0.2) is 83.8 Å². The topological polar surface area (TPSA) is 79.3 Å². The van der Waals surface area contributed by atoms with Crippen molar-refractivity contribution in [2.75, 3.05) is 32.1 Å². The Bertz CT molecular complexity index is 1160.